The van der Waals surface area contributed by atoms with Crippen molar-refractivity contribution in [2.75, 3.05) is 19.7 Å². The lowest BCUT2D eigenvalue weighted by molar-refractivity contribution is -0.149. The maximum Gasteiger partial charge on any atom is 0.416 e. The second kappa shape index (κ2) is 13.1. The zero-order valence-electron chi connectivity index (χ0n) is 21.7. The van der Waals surface area contributed by atoms with Gasteiger partial charge in [-0.2, -0.15) is 13.2 Å². The summed E-state index contributed by atoms with van der Waals surface area (Å²) in [5.41, 5.74) is 0.476. The van der Waals surface area contributed by atoms with Gasteiger partial charge in [-0.15, -0.1) is 0 Å². The zero-order valence-corrected chi connectivity index (χ0v) is 23.2. The lowest BCUT2D eigenvalue weighted by Gasteiger charge is -2.30. The summed E-state index contributed by atoms with van der Waals surface area (Å²) < 4.78 is 50.6. The van der Waals surface area contributed by atoms with E-state index < -0.39 is 17.7 Å². The largest absolute Gasteiger partial charge is 0.466 e. The molecule has 0 bridgehead atoms. The fourth-order valence-corrected chi connectivity index (χ4v) is 5.08. The van der Waals surface area contributed by atoms with Crippen molar-refractivity contribution in [1.82, 2.24) is 14.8 Å². The number of hydrogen-bond donors (Lipinski definition) is 0. The third-order valence-corrected chi connectivity index (χ3v) is 7.11. The van der Waals surface area contributed by atoms with Crippen molar-refractivity contribution in [2.45, 2.75) is 45.6 Å². The molecule has 1 fully saturated rings. The predicted octanol–water partition coefficient (Wildman–Crippen LogP) is 6.62. The first kappa shape index (κ1) is 29.9. The number of nitrogens with zero attached hydrogens (tertiary/aromatic N) is 3. The molecule has 2 heterocycles. The number of piperidine rings is 1. The van der Waals surface area contributed by atoms with Gasteiger partial charge in [-0.1, -0.05) is 47.5 Å². The topological polar surface area (TPSA) is 75.9 Å². The number of rotatable bonds is 9. The quantitative estimate of drug-likeness (QED) is 0.258. The summed E-state index contributed by atoms with van der Waals surface area (Å²) in [4.78, 5) is 33.0. The Morgan fingerprint density at radius 1 is 1.15 bits per heavy atom. The van der Waals surface area contributed by atoms with E-state index in [2.05, 4.69) is 4.98 Å². The molecule has 0 N–H and O–H groups in total. The number of alkyl halides is 3. The van der Waals surface area contributed by atoms with Crippen LogP contribution in [-0.2, 0) is 35.3 Å². The summed E-state index contributed by atoms with van der Waals surface area (Å²) in [5.74, 6) is -0.878. The molecule has 1 aliphatic rings. The number of carbonyl (C=O) groups excluding carboxylic acids is 2. The van der Waals surface area contributed by atoms with Crippen LogP contribution in [0, 0.1) is 5.92 Å². The Hall–Kier alpha value is -3.08. The molecule has 0 spiro atoms. The fraction of sp³-hybridized carbons (Fsp3) is 0.393. The van der Waals surface area contributed by atoms with E-state index in [-0.39, 0.29) is 56.2 Å². The highest BCUT2D eigenvalue weighted by Crippen LogP contribution is 2.30. The molecule has 1 saturated heterocycles. The number of aromatic nitrogens is 1. The Balaban J connectivity index is 1.51. The van der Waals surface area contributed by atoms with Crippen LogP contribution in [0.2, 0.25) is 10.0 Å². The van der Waals surface area contributed by atoms with Crippen molar-refractivity contribution in [2.24, 2.45) is 5.92 Å². The number of halogens is 5. The highest BCUT2D eigenvalue weighted by molar-refractivity contribution is 6.35. The first-order valence-electron chi connectivity index (χ1n) is 12.8. The first-order chi connectivity index (χ1) is 19.0. The monoisotopic (exact) mass is 597 g/mol. The van der Waals surface area contributed by atoms with Gasteiger partial charge in [0, 0.05) is 36.2 Å². The summed E-state index contributed by atoms with van der Waals surface area (Å²) in [6.45, 7) is 3.19. The smallest absolute Gasteiger partial charge is 0.416 e. The number of hydrogen-bond acceptors (Lipinski definition) is 6. The van der Waals surface area contributed by atoms with Crippen molar-refractivity contribution in [3.8, 4) is 0 Å². The van der Waals surface area contributed by atoms with Gasteiger partial charge >= 0.3 is 12.1 Å². The van der Waals surface area contributed by atoms with Crippen LogP contribution in [0.3, 0.4) is 0 Å². The fourth-order valence-electron chi connectivity index (χ4n) is 4.61. The van der Waals surface area contributed by atoms with Crippen molar-refractivity contribution >= 4 is 35.1 Å². The molecule has 1 amide bonds. The van der Waals surface area contributed by atoms with Gasteiger partial charge in [0.25, 0.3) is 5.91 Å². The Bertz CT molecular complexity index is 1350. The van der Waals surface area contributed by atoms with Gasteiger partial charge in [0.2, 0.25) is 5.89 Å². The second-order valence-electron chi connectivity index (χ2n) is 9.55. The molecule has 1 unspecified atom stereocenters. The molecule has 0 saturated carbocycles. The van der Waals surface area contributed by atoms with Crippen molar-refractivity contribution in [3.05, 3.63) is 87.0 Å². The molecule has 0 radical (unpaired) electrons. The summed E-state index contributed by atoms with van der Waals surface area (Å²) >= 11 is 12.4. The first-order valence-corrected chi connectivity index (χ1v) is 13.5. The minimum absolute atomic E-state index is 0.0862. The molecule has 1 atom stereocenters. The molecular weight excluding hydrogens is 570 g/mol. The van der Waals surface area contributed by atoms with E-state index in [1.165, 1.54) is 12.3 Å². The summed E-state index contributed by atoms with van der Waals surface area (Å²) in [6, 6.07) is 10.1. The molecule has 1 aromatic heterocycles. The Morgan fingerprint density at radius 3 is 2.67 bits per heavy atom. The van der Waals surface area contributed by atoms with Gasteiger partial charge < -0.3 is 14.1 Å². The van der Waals surface area contributed by atoms with Crippen molar-refractivity contribution < 1.29 is 31.9 Å². The SMILES string of the molecule is CCOC(=O)C1CCCN(C(=O)c2coc(CN(Cc3cccc(C(F)(F)F)c3)Cc3ccc(Cl)cc3Cl)n2)C1. The molecule has 7 nitrogen and oxygen atoms in total. The van der Waals surface area contributed by atoms with E-state index in [0.717, 1.165) is 12.1 Å². The molecule has 40 heavy (non-hydrogen) atoms. The normalized spacial score (nSPS) is 15.9. The molecule has 214 valence electrons. The lowest BCUT2D eigenvalue weighted by atomic mass is 9.98. The standard InChI is InChI=1S/C28H28Cl2F3N3O4/c1-2-39-27(38)20-6-4-10-36(15-20)26(37)24-17-40-25(34-24)16-35(14-19-8-9-22(29)12-23(19)30)13-18-5-3-7-21(11-18)28(31,32)33/h3,5,7-9,11-12,17,20H,2,4,6,10,13-16H2,1H3. The lowest BCUT2D eigenvalue weighted by Crippen LogP contribution is -2.43. The van der Waals surface area contributed by atoms with Gasteiger partial charge in [-0.05, 0) is 49.1 Å². The summed E-state index contributed by atoms with van der Waals surface area (Å²) in [6.07, 6.45) is -1.92. The summed E-state index contributed by atoms with van der Waals surface area (Å²) in [7, 11) is 0. The molecule has 3 aromatic rings. The van der Waals surface area contributed by atoms with Crippen LogP contribution in [0.1, 0.15) is 52.8 Å². The second-order valence-corrected chi connectivity index (χ2v) is 10.4. The predicted molar refractivity (Wildman–Crippen MR) is 143 cm³/mol. The molecule has 4 rings (SSSR count). The minimum atomic E-state index is -4.47. The summed E-state index contributed by atoms with van der Waals surface area (Å²) in [5, 5.41) is 0.864. The van der Waals surface area contributed by atoms with Crippen LogP contribution in [0.4, 0.5) is 13.2 Å². The third kappa shape index (κ3) is 7.77. The van der Waals surface area contributed by atoms with E-state index in [0.29, 0.717) is 40.6 Å². The number of carbonyl (C=O) groups is 2. The molecule has 12 heteroatoms. The Kier molecular flexibility index (Phi) is 9.76. The van der Waals surface area contributed by atoms with Crippen LogP contribution in [-0.4, -0.2) is 46.4 Å². The maximum absolute atomic E-state index is 13.3. The van der Waals surface area contributed by atoms with Crippen LogP contribution in [0.15, 0.2) is 53.1 Å². The number of ether oxygens (including phenoxy) is 1. The van der Waals surface area contributed by atoms with E-state index in [9.17, 15) is 22.8 Å². The average Bonchev–Trinajstić information content (AvgIpc) is 3.38. The van der Waals surface area contributed by atoms with Gasteiger partial charge in [0.15, 0.2) is 5.69 Å². The number of amides is 1. The number of oxazole rings is 1. The van der Waals surface area contributed by atoms with Gasteiger partial charge in [0.1, 0.15) is 6.26 Å². The molecule has 1 aliphatic heterocycles. The average molecular weight is 598 g/mol. The third-order valence-electron chi connectivity index (χ3n) is 6.53. The number of esters is 1. The van der Waals surface area contributed by atoms with Crippen molar-refractivity contribution in [1.29, 1.82) is 0 Å². The van der Waals surface area contributed by atoms with Crippen molar-refractivity contribution in [3.63, 3.8) is 0 Å². The van der Waals surface area contributed by atoms with Crippen LogP contribution in [0.5, 0.6) is 0 Å². The molecule has 0 aliphatic carbocycles. The van der Waals surface area contributed by atoms with E-state index in [4.69, 9.17) is 32.4 Å². The highest BCUT2D eigenvalue weighted by atomic mass is 35.5. The number of benzene rings is 2. The van der Waals surface area contributed by atoms with Crippen LogP contribution in [0.25, 0.3) is 0 Å². The molecule has 2 aromatic carbocycles. The van der Waals surface area contributed by atoms with Crippen LogP contribution < -0.4 is 0 Å². The Morgan fingerprint density at radius 2 is 1.95 bits per heavy atom. The van der Waals surface area contributed by atoms with E-state index in [1.54, 1.807) is 36.1 Å². The highest BCUT2D eigenvalue weighted by Gasteiger charge is 2.32. The number of likely N-dealkylation sites (tertiary alicyclic amines) is 1. The van der Waals surface area contributed by atoms with Gasteiger partial charge in [0.05, 0.1) is 24.6 Å². The molecular formula is C28H28Cl2F3N3O4. The van der Waals surface area contributed by atoms with Gasteiger partial charge in [-0.25, -0.2) is 4.98 Å². The van der Waals surface area contributed by atoms with E-state index in [1.807, 2.05) is 4.90 Å². The Labute approximate surface area is 239 Å². The zero-order chi connectivity index (χ0) is 28.9. The van der Waals surface area contributed by atoms with Crippen LogP contribution >= 0.6 is 23.2 Å². The maximum atomic E-state index is 13.3. The minimum Gasteiger partial charge on any atom is -0.466 e. The van der Waals surface area contributed by atoms with Gasteiger partial charge in [-0.3, -0.25) is 14.5 Å². The van der Waals surface area contributed by atoms with E-state index >= 15 is 0 Å².